The number of esters is 1. The Bertz CT molecular complexity index is 594. The second-order valence-corrected chi connectivity index (χ2v) is 5.41. The van der Waals surface area contributed by atoms with Crippen molar-refractivity contribution in [1.82, 2.24) is 0 Å². The lowest BCUT2D eigenvalue weighted by Crippen LogP contribution is -2.29. The smallest absolute Gasteiger partial charge is 0.338 e. The van der Waals surface area contributed by atoms with Crippen LogP contribution in [0.1, 0.15) is 43.0 Å². The van der Waals surface area contributed by atoms with Gasteiger partial charge in [-0.15, -0.1) is 0 Å². The molecule has 0 heterocycles. The Balaban J connectivity index is 1.98. The Hall–Kier alpha value is -2.18. The van der Waals surface area contributed by atoms with E-state index in [-0.39, 0.29) is 23.7 Å². The van der Waals surface area contributed by atoms with Gasteiger partial charge in [0.05, 0.1) is 24.2 Å². The number of ether oxygens (including phenoxy) is 2. The molecule has 1 aromatic rings. The third kappa shape index (κ3) is 4.18. The molecule has 0 unspecified atom stereocenters. The summed E-state index contributed by atoms with van der Waals surface area (Å²) in [6.45, 7) is 2.07. The van der Waals surface area contributed by atoms with E-state index in [1.54, 1.807) is 6.92 Å². The normalized spacial score (nSPS) is 20.8. The largest absolute Gasteiger partial charge is 0.487 e. The van der Waals surface area contributed by atoms with Crippen molar-refractivity contribution in [2.75, 3.05) is 6.61 Å². The van der Waals surface area contributed by atoms with Crippen molar-refractivity contribution in [3.8, 4) is 5.75 Å². The third-order valence-electron chi connectivity index (χ3n) is 3.84. The second-order valence-electron chi connectivity index (χ2n) is 5.41. The average molecular weight is 328 g/mol. The van der Waals surface area contributed by atoms with E-state index in [0.29, 0.717) is 38.4 Å². The van der Waals surface area contributed by atoms with E-state index in [1.807, 2.05) is 0 Å². The van der Waals surface area contributed by atoms with Gasteiger partial charge in [-0.1, -0.05) is 0 Å². The molecule has 0 radical (unpaired) electrons. The van der Waals surface area contributed by atoms with Crippen molar-refractivity contribution in [2.24, 2.45) is 5.92 Å². The fraction of sp³-hybridized carbons (Fsp3) is 0.500. The third-order valence-corrected chi connectivity index (χ3v) is 3.84. The molecule has 23 heavy (non-hydrogen) atoms. The highest BCUT2D eigenvalue weighted by molar-refractivity contribution is 5.88. The molecule has 0 bridgehead atoms. The van der Waals surface area contributed by atoms with Crippen molar-refractivity contribution >= 4 is 11.9 Å². The molecular formula is C16H18F2O5. The first-order valence-electron chi connectivity index (χ1n) is 7.48. The van der Waals surface area contributed by atoms with E-state index in [1.165, 1.54) is 0 Å². The van der Waals surface area contributed by atoms with Gasteiger partial charge in [0, 0.05) is 6.07 Å². The molecular weight excluding hydrogens is 310 g/mol. The van der Waals surface area contributed by atoms with Gasteiger partial charge in [-0.05, 0) is 38.7 Å². The van der Waals surface area contributed by atoms with Crippen molar-refractivity contribution in [3.05, 3.63) is 29.3 Å². The number of aromatic carboxylic acids is 1. The Morgan fingerprint density at radius 1 is 1.17 bits per heavy atom. The molecule has 1 aliphatic rings. The van der Waals surface area contributed by atoms with E-state index in [9.17, 15) is 18.4 Å². The van der Waals surface area contributed by atoms with Crippen molar-refractivity contribution in [3.63, 3.8) is 0 Å². The molecule has 126 valence electrons. The molecule has 0 aromatic heterocycles. The highest BCUT2D eigenvalue weighted by atomic mass is 19.1. The Morgan fingerprint density at radius 3 is 2.39 bits per heavy atom. The molecule has 7 heteroatoms. The summed E-state index contributed by atoms with van der Waals surface area (Å²) in [5.41, 5.74) is -0.735. The van der Waals surface area contributed by atoms with Crippen molar-refractivity contribution < 1.29 is 33.0 Å². The summed E-state index contributed by atoms with van der Waals surface area (Å²) in [6.07, 6.45) is 1.81. The van der Waals surface area contributed by atoms with Crippen LogP contribution in [0.15, 0.2) is 12.1 Å². The summed E-state index contributed by atoms with van der Waals surface area (Å²) in [7, 11) is 0. The maximum absolute atomic E-state index is 13.8. The van der Waals surface area contributed by atoms with Gasteiger partial charge in [0.1, 0.15) is 5.82 Å². The first-order valence-corrected chi connectivity index (χ1v) is 7.48. The average Bonchev–Trinajstić information content (AvgIpc) is 2.51. The number of rotatable bonds is 5. The van der Waals surface area contributed by atoms with Gasteiger partial charge < -0.3 is 14.6 Å². The van der Waals surface area contributed by atoms with Crippen LogP contribution in [0.5, 0.6) is 5.75 Å². The summed E-state index contributed by atoms with van der Waals surface area (Å²) in [6, 6.07) is 1.35. The minimum Gasteiger partial charge on any atom is -0.487 e. The Labute approximate surface area is 132 Å². The van der Waals surface area contributed by atoms with Crippen LogP contribution in [0.3, 0.4) is 0 Å². The molecule has 1 N–H and O–H groups in total. The molecule has 2 rings (SSSR count). The lowest BCUT2D eigenvalue weighted by molar-refractivity contribution is -0.149. The molecule has 0 atom stereocenters. The number of hydrogen-bond acceptors (Lipinski definition) is 4. The molecule has 0 saturated heterocycles. The van der Waals surface area contributed by atoms with Gasteiger partial charge in [-0.2, -0.15) is 0 Å². The standard InChI is InChI=1S/C16H18F2O5/c1-2-22-16(21)9-3-5-10(6-4-9)23-14-8-12(17)11(15(19)20)7-13(14)18/h7-10H,2-6H2,1H3,(H,19,20). The number of halogens is 2. The predicted molar refractivity (Wildman–Crippen MR) is 76.3 cm³/mol. The zero-order chi connectivity index (χ0) is 17.0. The minimum absolute atomic E-state index is 0.189. The zero-order valence-electron chi connectivity index (χ0n) is 12.7. The number of hydrogen-bond donors (Lipinski definition) is 1. The second kappa shape index (κ2) is 7.39. The van der Waals surface area contributed by atoms with Gasteiger partial charge >= 0.3 is 11.9 Å². The van der Waals surface area contributed by atoms with Crippen LogP contribution in [0.2, 0.25) is 0 Å². The van der Waals surface area contributed by atoms with Gasteiger partial charge in [-0.3, -0.25) is 4.79 Å². The van der Waals surface area contributed by atoms with E-state index in [4.69, 9.17) is 14.6 Å². The first kappa shape index (κ1) is 17.2. The van der Waals surface area contributed by atoms with Crippen molar-refractivity contribution in [1.29, 1.82) is 0 Å². The molecule has 1 aliphatic carbocycles. The van der Waals surface area contributed by atoms with E-state index in [2.05, 4.69) is 0 Å². The van der Waals surface area contributed by atoms with Crippen LogP contribution in [-0.4, -0.2) is 29.8 Å². The fourth-order valence-electron chi connectivity index (χ4n) is 2.64. The molecule has 0 spiro atoms. The van der Waals surface area contributed by atoms with Crippen LogP contribution in [0, 0.1) is 17.6 Å². The Kier molecular flexibility index (Phi) is 5.52. The van der Waals surface area contributed by atoms with E-state index < -0.39 is 23.2 Å². The van der Waals surface area contributed by atoms with Crippen LogP contribution >= 0.6 is 0 Å². The predicted octanol–water partition coefficient (Wildman–Crippen LogP) is 3.16. The zero-order valence-corrected chi connectivity index (χ0v) is 12.7. The minimum atomic E-state index is -1.54. The number of carbonyl (C=O) groups is 2. The molecule has 0 amide bonds. The van der Waals surface area contributed by atoms with Crippen LogP contribution < -0.4 is 4.74 Å². The van der Waals surface area contributed by atoms with Crippen LogP contribution in [-0.2, 0) is 9.53 Å². The molecule has 1 aromatic carbocycles. The number of carboxylic acids is 1. The number of carboxylic acid groups (broad SMARTS) is 1. The van der Waals surface area contributed by atoms with Gasteiger partial charge in [0.15, 0.2) is 11.6 Å². The lowest BCUT2D eigenvalue weighted by Gasteiger charge is -2.27. The monoisotopic (exact) mass is 328 g/mol. The lowest BCUT2D eigenvalue weighted by atomic mass is 9.87. The fourth-order valence-corrected chi connectivity index (χ4v) is 2.64. The molecule has 1 saturated carbocycles. The van der Waals surface area contributed by atoms with Crippen LogP contribution in [0.4, 0.5) is 8.78 Å². The number of carbonyl (C=O) groups excluding carboxylic acids is 1. The highest BCUT2D eigenvalue weighted by Crippen LogP contribution is 2.30. The van der Waals surface area contributed by atoms with Gasteiger partial charge in [-0.25, -0.2) is 13.6 Å². The topological polar surface area (TPSA) is 72.8 Å². The van der Waals surface area contributed by atoms with Crippen LogP contribution in [0.25, 0.3) is 0 Å². The molecule has 0 aliphatic heterocycles. The summed E-state index contributed by atoms with van der Waals surface area (Å²) in [5.74, 6) is -4.25. The van der Waals surface area contributed by atoms with E-state index >= 15 is 0 Å². The van der Waals surface area contributed by atoms with E-state index in [0.717, 1.165) is 6.07 Å². The highest BCUT2D eigenvalue weighted by Gasteiger charge is 2.29. The van der Waals surface area contributed by atoms with Crippen molar-refractivity contribution in [2.45, 2.75) is 38.7 Å². The summed E-state index contributed by atoms with van der Waals surface area (Å²) >= 11 is 0. The summed E-state index contributed by atoms with van der Waals surface area (Å²) in [4.78, 5) is 22.4. The van der Waals surface area contributed by atoms with Gasteiger partial charge in [0.2, 0.25) is 0 Å². The number of benzene rings is 1. The SMILES string of the molecule is CCOC(=O)C1CCC(Oc2cc(F)c(C(=O)O)cc2F)CC1. The first-order chi connectivity index (χ1) is 10.9. The molecule has 1 fully saturated rings. The Morgan fingerprint density at radius 2 is 1.83 bits per heavy atom. The van der Waals surface area contributed by atoms with Gasteiger partial charge in [0.25, 0.3) is 0 Å². The maximum Gasteiger partial charge on any atom is 0.338 e. The molecule has 5 nitrogen and oxygen atoms in total. The summed E-state index contributed by atoms with van der Waals surface area (Å²) < 4.78 is 37.8. The maximum atomic E-state index is 13.8. The quantitative estimate of drug-likeness (QED) is 0.841. The summed E-state index contributed by atoms with van der Waals surface area (Å²) in [5, 5.41) is 8.74.